The molecule has 1 aromatic heterocycles. The van der Waals surface area contributed by atoms with E-state index in [0.29, 0.717) is 17.9 Å². The molecule has 2 aromatic rings. The third-order valence-corrected chi connectivity index (χ3v) is 3.60. The molecule has 2 rings (SSSR count). The SMILES string of the molecule is CCn1nc(C(=O)NC(CC(=O)O)c2ccc(OC)cc2)ccc1=O. The molecule has 132 valence electrons. The number of aromatic nitrogens is 2. The summed E-state index contributed by atoms with van der Waals surface area (Å²) in [6.07, 6.45) is -0.286. The highest BCUT2D eigenvalue weighted by atomic mass is 16.5. The number of carbonyl (C=O) groups is 2. The highest BCUT2D eigenvalue weighted by Crippen LogP contribution is 2.20. The van der Waals surface area contributed by atoms with Gasteiger partial charge in [0.15, 0.2) is 0 Å². The normalized spacial score (nSPS) is 11.6. The molecule has 1 aromatic carbocycles. The molecule has 8 nitrogen and oxygen atoms in total. The van der Waals surface area contributed by atoms with Gasteiger partial charge in [0.05, 0.1) is 19.6 Å². The predicted octanol–water partition coefficient (Wildman–Crippen LogP) is 1.22. The summed E-state index contributed by atoms with van der Waals surface area (Å²) in [4.78, 5) is 35.1. The molecule has 8 heteroatoms. The summed E-state index contributed by atoms with van der Waals surface area (Å²) in [5.41, 5.74) is 0.363. The van der Waals surface area contributed by atoms with Crippen molar-refractivity contribution in [3.63, 3.8) is 0 Å². The van der Waals surface area contributed by atoms with Crippen molar-refractivity contribution in [3.05, 3.63) is 58.0 Å². The zero-order valence-electron chi connectivity index (χ0n) is 13.9. The van der Waals surface area contributed by atoms with Gasteiger partial charge in [0.25, 0.3) is 11.5 Å². The average molecular weight is 345 g/mol. The van der Waals surface area contributed by atoms with Crippen LogP contribution in [0.2, 0.25) is 0 Å². The van der Waals surface area contributed by atoms with Crippen LogP contribution < -0.4 is 15.6 Å². The second-order valence-electron chi connectivity index (χ2n) is 5.27. The molecule has 0 fully saturated rings. The number of aliphatic carboxylic acids is 1. The molecule has 1 amide bonds. The number of carbonyl (C=O) groups excluding carboxylic acids is 1. The number of rotatable bonds is 7. The van der Waals surface area contributed by atoms with Crippen molar-refractivity contribution < 1.29 is 19.4 Å². The molecule has 25 heavy (non-hydrogen) atoms. The van der Waals surface area contributed by atoms with E-state index in [4.69, 9.17) is 9.84 Å². The number of carboxylic acid groups (broad SMARTS) is 1. The van der Waals surface area contributed by atoms with Gasteiger partial charge in [0.1, 0.15) is 11.4 Å². The number of nitrogens with one attached hydrogen (secondary N) is 1. The Balaban J connectivity index is 2.25. The van der Waals surface area contributed by atoms with Gasteiger partial charge in [-0.3, -0.25) is 14.4 Å². The maximum atomic E-state index is 12.4. The Morgan fingerprint density at radius 2 is 1.92 bits per heavy atom. The highest BCUT2D eigenvalue weighted by molar-refractivity contribution is 5.92. The van der Waals surface area contributed by atoms with E-state index in [2.05, 4.69) is 10.4 Å². The molecule has 0 spiro atoms. The smallest absolute Gasteiger partial charge is 0.305 e. The quantitative estimate of drug-likeness (QED) is 0.780. The molecule has 1 unspecified atom stereocenters. The number of amides is 1. The van der Waals surface area contributed by atoms with E-state index in [1.165, 1.54) is 19.2 Å². The van der Waals surface area contributed by atoms with Crippen molar-refractivity contribution in [1.82, 2.24) is 15.1 Å². The number of hydrogen-bond acceptors (Lipinski definition) is 5. The van der Waals surface area contributed by atoms with Crippen LogP contribution in [0.1, 0.15) is 35.4 Å². The summed E-state index contributed by atoms with van der Waals surface area (Å²) in [5.74, 6) is -0.974. The van der Waals surface area contributed by atoms with Crippen LogP contribution in [0.4, 0.5) is 0 Å². The first kappa shape index (κ1) is 18.2. The van der Waals surface area contributed by atoms with Gasteiger partial charge in [-0.15, -0.1) is 0 Å². The Morgan fingerprint density at radius 3 is 2.48 bits per heavy atom. The van der Waals surface area contributed by atoms with Gasteiger partial charge in [0.2, 0.25) is 0 Å². The largest absolute Gasteiger partial charge is 0.497 e. The monoisotopic (exact) mass is 345 g/mol. The van der Waals surface area contributed by atoms with E-state index >= 15 is 0 Å². The van der Waals surface area contributed by atoms with Crippen molar-refractivity contribution in [1.29, 1.82) is 0 Å². The number of carboxylic acids is 1. The molecule has 0 saturated carbocycles. The maximum Gasteiger partial charge on any atom is 0.305 e. The first-order valence-corrected chi connectivity index (χ1v) is 7.69. The molecule has 0 aliphatic rings. The Bertz CT molecular complexity index is 814. The summed E-state index contributed by atoms with van der Waals surface area (Å²) >= 11 is 0. The van der Waals surface area contributed by atoms with Crippen molar-refractivity contribution in [2.75, 3.05) is 7.11 Å². The van der Waals surface area contributed by atoms with Gasteiger partial charge in [-0.2, -0.15) is 5.10 Å². The Morgan fingerprint density at radius 1 is 1.24 bits per heavy atom. The first-order valence-electron chi connectivity index (χ1n) is 7.69. The summed E-state index contributed by atoms with van der Waals surface area (Å²) in [7, 11) is 1.53. The van der Waals surface area contributed by atoms with Crippen LogP contribution in [0.3, 0.4) is 0 Å². The minimum atomic E-state index is -1.05. The molecule has 0 aliphatic carbocycles. The lowest BCUT2D eigenvalue weighted by Crippen LogP contribution is -2.33. The highest BCUT2D eigenvalue weighted by Gasteiger charge is 2.20. The first-order chi connectivity index (χ1) is 11.9. The number of benzene rings is 1. The number of hydrogen-bond donors (Lipinski definition) is 2. The predicted molar refractivity (Wildman–Crippen MR) is 89.6 cm³/mol. The van der Waals surface area contributed by atoms with Crippen LogP contribution in [-0.4, -0.2) is 33.9 Å². The number of nitrogens with zero attached hydrogens (tertiary/aromatic N) is 2. The zero-order valence-corrected chi connectivity index (χ0v) is 13.9. The van der Waals surface area contributed by atoms with Crippen LogP contribution in [0.25, 0.3) is 0 Å². The van der Waals surface area contributed by atoms with Crippen LogP contribution in [0, 0.1) is 0 Å². The third kappa shape index (κ3) is 4.66. The van der Waals surface area contributed by atoms with Gasteiger partial charge in [0, 0.05) is 12.6 Å². The second-order valence-corrected chi connectivity index (χ2v) is 5.27. The van der Waals surface area contributed by atoms with Gasteiger partial charge < -0.3 is 15.2 Å². The van der Waals surface area contributed by atoms with Crippen molar-refractivity contribution in [3.8, 4) is 5.75 Å². The van der Waals surface area contributed by atoms with Crippen LogP contribution >= 0.6 is 0 Å². The van der Waals surface area contributed by atoms with E-state index < -0.39 is 17.9 Å². The van der Waals surface area contributed by atoms with Crippen LogP contribution in [-0.2, 0) is 11.3 Å². The summed E-state index contributed by atoms with van der Waals surface area (Å²) < 4.78 is 6.23. The van der Waals surface area contributed by atoms with Crippen LogP contribution in [0.5, 0.6) is 5.75 Å². The summed E-state index contributed by atoms with van der Waals surface area (Å²) in [6, 6.07) is 8.58. The average Bonchev–Trinajstić information content (AvgIpc) is 2.61. The zero-order chi connectivity index (χ0) is 18.4. The van der Waals surface area contributed by atoms with E-state index in [1.54, 1.807) is 31.2 Å². The summed E-state index contributed by atoms with van der Waals surface area (Å²) in [5, 5.41) is 15.7. The molecular weight excluding hydrogens is 326 g/mol. The standard InChI is InChI=1S/C17H19N3O5/c1-3-20-15(21)9-8-13(19-20)17(24)18-14(10-16(22)23)11-4-6-12(25-2)7-5-11/h4-9,14H,3,10H2,1-2H3,(H,18,24)(H,22,23). The third-order valence-electron chi connectivity index (χ3n) is 3.60. The molecule has 0 aliphatic heterocycles. The lowest BCUT2D eigenvalue weighted by Gasteiger charge is -2.17. The fourth-order valence-electron chi connectivity index (χ4n) is 2.29. The lowest BCUT2D eigenvalue weighted by atomic mass is 10.0. The van der Waals surface area contributed by atoms with Gasteiger partial charge in [-0.1, -0.05) is 12.1 Å². The summed E-state index contributed by atoms with van der Waals surface area (Å²) in [6.45, 7) is 2.07. The van der Waals surface area contributed by atoms with Gasteiger partial charge >= 0.3 is 5.97 Å². The second kappa shape index (κ2) is 8.09. The van der Waals surface area contributed by atoms with Crippen molar-refractivity contribution >= 4 is 11.9 Å². The van der Waals surface area contributed by atoms with Crippen LogP contribution in [0.15, 0.2) is 41.2 Å². The molecule has 1 atom stereocenters. The Kier molecular flexibility index (Phi) is 5.89. The van der Waals surface area contributed by atoms with Gasteiger partial charge in [-0.25, -0.2) is 4.68 Å². The minimum Gasteiger partial charge on any atom is -0.497 e. The Hall–Kier alpha value is -3.16. The number of methoxy groups -OCH3 is 1. The number of ether oxygens (including phenoxy) is 1. The fraction of sp³-hybridized carbons (Fsp3) is 0.294. The molecular formula is C17H19N3O5. The molecule has 2 N–H and O–H groups in total. The minimum absolute atomic E-state index is 0.0466. The van der Waals surface area contributed by atoms with Crippen molar-refractivity contribution in [2.24, 2.45) is 0 Å². The van der Waals surface area contributed by atoms with E-state index in [1.807, 2.05) is 0 Å². The van der Waals surface area contributed by atoms with E-state index in [-0.39, 0.29) is 17.7 Å². The maximum absolute atomic E-state index is 12.4. The fourth-order valence-corrected chi connectivity index (χ4v) is 2.29. The molecule has 0 bridgehead atoms. The lowest BCUT2D eigenvalue weighted by molar-refractivity contribution is -0.137. The van der Waals surface area contributed by atoms with Crippen molar-refractivity contribution in [2.45, 2.75) is 25.9 Å². The van der Waals surface area contributed by atoms with Gasteiger partial charge in [-0.05, 0) is 30.7 Å². The Labute approximate surface area is 144 Å². The molecule has 1 heterocycles. The molecule has 0 saturated heterocycles. The van der Waals surface area contributed by atoms with E-state index in [0.717, 1.165) is 4.68 Å². The number of aryl methyl sites for hydroxylation is 1. The van der Waals surface area contributed by atoms with E-state index in [9.17, 15) is 14.4 Å². The molecule has 0 radical (unpaired) electrons. The topological polar surface area (TPSA) is 111 Å².